The lowest BCUT2D eigenvalue weighted by Crippen LogP contribution is -2.32. The van der Waals surface area contributed by atoms with Crippen molar-refractivity contribution in [1.29, 1.82) is 0 Å². The number of rotatable bonds is 8. The predicted molar refractivity (Wildman–Crippen MR) is 185 cm³/mol. The summed E-state index contributed by atoms with van der Waals surface area (Å²) in [6.45, 7) is -0.364. The van der Waals surface area contributed by atoms with E-state index in [1.165, 1.54) is 38.5 Å². The third kappa shape index (κ3) is 6.47. The van der Waals surface area contributed by atoms with Gasteiger partial charge in [-0.1, -0.05) is 12.1 Å². The lowest BCUT2D eigenvalue weighted by atomic mass is 9.74. The first-order chi connectivity index (χ1) is 26.2. The van der Waals surface area contributed by atoms with Gasteiger partial charge < -0.3 is 25.0 Å². The van der Waals surface area contributed by atoms with Gasteiger partial charge in [-0.15, -0.1) is 0 Å². The lowest BCUT2D eigenvalue weighted by molar-refractivity contribution is 0.123. The topological polar surface area (TPSA) is 71.0 Å². The molecule has 6 aromatic rings. The maximum absolute atomic E-state index is 14.8. The highest BCUT2D eigenvalue weighted by atomic mass is 19.2. The monoisotopic (exact) mass is 763 g/mol. The molecule has 0 aliphatic carbocycles. The second-order valence-electron chi connectivity index (χ2n) is 13.0. The van der Waals surface area contributed by atoms with E-state index in [0.717, 1.165) is 48.5 Å². The van der Waals surface area contributed by atoms with E-state index < -0.39 is 80.0 Å². The fourth-order valence-electron chi connectivity index (χ4n) is 7.50. The van der Waals surface area contributed by atoms with Gasteiger partial charge in [0.2, 0.25) is 0 Å². The van der Waals surface area contributed by atoms with E-state index in [9.17, 15) is 45.3 Å². The van der Waals surface area contributed by atoms with Gasteiger partial charge in [0.1, 0.15) is 69.2 Å². The summed E-state index contributed by atoms with van der Waals surface area (Å²) in [5.41, 5.74) is -6.56. The van der Waals surface area contributed by atoms with Gasteiger partial charge in [-0.25, -0.2) is 35.1 Å². The SMILES string of the molecule is COc1ccc(C(O)(c2cc(F)cc(F)c2)c2cc(F)cc(F)c2)c2c1-c1c(OC)ccc(C(O)(c3cc(F)cc(F)c3)c3cc(F)cc(F)c3)c1CNC2. The molecule has 0 saturated carbocycles. The molecule has 0 aromatic heterocycles. The Bertz CT molecular complexity index is 2140. The van der Waals surface area contributed by atoms with Crippen molar-refractivity contribution in [3.63, 3.8) is 0 Å². The van der Waals surface area contributed by atoms with Crippen LogP contribution in [0.3, 0.4) is 0 Å². The molecule has 0 amide bonds. The second-order valence-corrected chi connectivity index (χ2v) is 13.0. The summed E-state index contributed by atoms with van der Waals surface area (Å²) in [6.07, 6.45) is 0. The Labute approximate surface area is 309 Å². The van der Waals surface area contributed by atoms with Crippen LogP contribution in [-0.2, 0) is 24.3 Å². The summed E-state index contributed by atoms with van der Waals surface area (Å²) in [7, 11) is 2.64. The highest BCUT2D eigenvalue weighted by Crippen LogP contribution is 2.51. The molecule has 0 fully saturated rings. The molecule has 0 saturated heterocycles. The molecular formula is C42H29F8NO4. The Morgan fingerprint density at radius 3 is 0.927 bits per heavy atom. The van der Waals surface area contributed by atoms with E-state index in [1.807, 2.05) is 0 Å². The van der Waals surface area contributed by atoms with Gasteiger partial charge in [0.25, 0.3) is 0 Å². The number of halogens is 8. The molecule has 7 rings (SSSR count). The third-order valence-electron chi connectivity index (χ3n) is 9.74. The molecule has 0 bridgehead atoms. The highest BCUT2D eigenvalue weighted by Gasteiger charge is 2.43. The zero-order valence-electron chi connectivity index (χ0n) is 28.9. The van der Waals surface area contributed by atoms with Crippen molar-refractivity contribution < 1.29 is 54.8 Å². The second kappa shape index (κ2) is 14.1. The minimum absolute atomic E-state index is 0.110. The Morgan fingerprint density at radius 1 is 0.436 bits per heavy atom. The molecule has 0 spiro atoms. The summed E-state index contributed by atoms with van der Waals surface area (Å²) in [5, 5.41) is 28.6. The zero-order chi connectivity index (χ0) is 39.4. The van der Waals surface area contributed by atoms with E-state index in [4.69, 9.17) is 9.47 Å². The van der Waals surface area contributed by atoms with Crippen molar-refractivity contribution in [2.75, 3.05) is 14.2 Å². The fraction of sp³-hybridized carbons (Fsp3) is 0.143. The van der Waals surface area contributed by atoms with Crippen molar-refractivity contribution in [3.8, 4) is 22.6 Å². The number of ether oxygens (including phenoxy) is 2. The number of methoxy groups -OCH3 is 2. The van der Waals surface area contributed by atoms with Crippen molar-refractivity contribution in [3.05, 3.63) is 188 Å². The first kappa shape index (κ1) is 37.6. The number of hydrogen-bond acceptors (Lipinski definition) is 5. The average Bonchev–Trinajstić information content (AvgIpc) is 3.32. The van der Waals surface area contributed by atoms with E-state index >= 15 is 0 Å². The maximum Gasteiger partial charge on any atom is 0.141 e. The summed E-state index contributed by atoms with van der Waals surface area (Å²) < 4.78 is 130. The van der Waals surface area contributed by atoms with Crippen molar-refractivity contribution in [2.24, 2.45) is 0 Å². The van der Waals surface area contributed by atoms with E-state index in [1.54, 1.807) is 0 Å². The quantitative estimate of drug-likeness (QED) is 0.107. The summed E-state index contributed by atoms with van der Waals surface area (Å²) in [5.74, 6) is -8.53. The Balaban J connectivity index is 1.60. The first-order valence-electron chi connectivity index (χ1n) is 16.6. The average molecular weight is 764 g/mol. The molecule has 13 heteroatoms. The minimum Gasteiger partial charge on any atom is -0.496 e. The Kier molecular flexibility index (Phi) is 9.66. The summed E-state index contributed by atoms with van der Waals surface area (Å²) in [6, 6.07) is 14.3. The molecule has 282 valence electrons. The lowest BCUT2D eigenvalue weighted by Gasteiger charge is -2.34. The van der Waals surface area contributed by atoms with Crippen LogP contribution >= 0.6 is 0 Å². The maximum atomic E-state index is 14.8. The van der Waals surface area contributed by atoms with Crippen molar-refractivity contribution >= 4 is 0 Å². The van der Waals surface area contributed by atoms with Gasteiger partial charge in [-0.3, -0.25) is 0 Å². The standard InChI is InChI=1S/C42H29F8NO4/c1-54-37-5-3-35(41(52,21-7-25(43)15-26(44)8-21)22-9-27(45)16-28(46)10-22)33-19-51-20-34-36(4-6-38(55-2)40(34)39(33)37)42(53,23-11-29(47)17-30(48)12-23)24-13-31(49)18-32(50)14-24/h3-18,51-53H,19-20H2,1-2H3. The van der Waals surface area contributed by atoms with Crippen LogP contribution in [0, 0.1) is 46.5 Å². The van der Waals surface area contributed by atoms with Crippen LogP contribution in [0.5, 0.6) is 11.5 Å². The smallest absolute Gasteiger partial charge is 0.141 e. The van der Waals surface area contributed by atoms with Crippen LogP contribution in [-0.4, -0.2) is 24.4 Å². The molecule has 1 aliphatic heterocycles. The largest absolute Gasteiger partial charge is 0.496 e. The van der Waals surface area contributed by atoms with Crippen LogP contribution < -0.4 is 14.8 Å². The van der Waals surface area contributed by atoms with Gasteiger partial charge in [-0.05, 0) is 105 Å². The fourth-order valence-corrected chi connectivity index (χ4v) is 7.50. The summed E-state index contributed by atoms with van der Waals surface area (Å²) in [4.78, 5) is 0. The number of hydrogen-bond donors (Lipinski definition) is 3. The zero-order valence-corrected chi connectivity index (χ0v) is 28.9. The minimum atomic E-state index is -2.64. The molecule has 0 radical (unpaired) electrons. The van der Waals surface area contributed by atoms with E-state index in [-0.39, 0.29) is 58.0 Å². The molecule has 0 unspecified atom stereocenters. The van der Waals surface area contributed by atoms with E-state index in [0.29, 0.717) is 24.3 Å². The number of nitrogens with one attached hydrogen (secondary N) is 1. The summed E-state index contributed by atoms with van der Waals surface area (Å²) >= 11 is 0. The van der Waals surface area contributed by atoms with Gasteiger partial charge in [0, 0.05) is 48.5 Å². The van der Waals surface area contributed by atoms with Crippen LogP contribution in [0.2, 0.25) is 0 Å². The number of fused-ring (bicyclic) bond motifs is 3. The molecule has 1 aliphatic rings. The Hall–Kier alpha value is -5.76. The first-order valence-corrected chi connectivity index (χ1v) is 16.6. The third-order valence-corrected chi connectivity index (χ3v) is 9.74. The molecule has 3 N–H and O–H groups in total. The van der Waals surface area contributed by atoms with Crippen LogP contribution in [0.15, 0.2) is 97.1 Å². The van der Waals surface area contributed by atoms with Crippen LogP contribution in [0.4, 0.5) is 35.1 Å². The normalized spacial score (nSPS) is 12.9. The van der Waals surface area contributed by atoms with E-state index in [2.05, 4.69) is 5.32 Å². The molecule has 55 heavy (non-hydrogen) atoms. The highest BCUT2D eigenvalue weighted by molar-refractivity contribution is 5.85. The van der Waals surface area contributed by atoms with Crippen molar-refractivity contribution in [2.45, 2.75) is 24.3 Å². The molecule has 6 aromatic carbocycles. The molecule has 1 heterocycles. The Morgan fingerprint density at radius 2 is 0.691 bits per heavy atom. The van der Waals surface area contributed by atoms with Gasteiger partial charge in [0.15, 0.2) is 0 Å². The van der Waals surface area contributed by atoms with Crippen molar-refractivity contribution in [1.82, 2.24) is 5.32 Å². The number of aliphatic hydroxyl groups is 2. The van der Waals surface area contributed by atoms with Gasteiger partial charge >= 0.3 is 0 Å². The van der Waals surface area contributed by atoms with Gasteiger partial charge in [0.05, 0.1) is 14.2 Å². The van der Waals surface area contributed by atoms with Crippen LogP contribution in [0.25, 0.3) is 11.1 Å². The number of benzene rings is 6. The predicted octanol–water partition coefficient (Wildman–Crippen LogP) is 8.66. The molecule has 5 nitrogen and oxygen atoms in total. The molecule has 0 atom stereocenters. The van der Waals surface area contributed by atoms with Crippen LogP contribution in [0.1, 0.15) is 44.5 Å². The molecular weight excluding hydrogens is 734 g/mol. The van der Waals surface area contributed by atoms with Gasteiger partial charge in [-0.2, -0.15) is 0 Å².